The van der Waals surface area contributed by atoms with Gasteiger partial charge in [0.1, 0.15) is 17.4 Å². The van der Waals surface area contributed by atoms with Gasteiger partial charge in [-0.1, -0.05) is 6.07 Å². The first-order valence-electron chi connectivity index (χ1n) is 8.24. The Morgan fingerprint density at radius 2 is 1.97 bits per heavy atom. The third kappa shape index (κ3) is 6.64. The summed E-state index contributed by atoms with van der Waals surface area (Å²) in [7, 11) is 1.85. The van der Waals surface area contributed by atoms with E-state index in [1.54, 1.807) is 11.3 Å². The highest BCUT2D eigenvalue weighted by Crippen LogP contribution is 2.29. The molecule has 0 spiro atoms. The zero-order chi connectivity index (χ0) is 20.1. The van der Waals surface area contributed by atoms with E-state index < -0.39 is 11.9 Å². The van der Waals surface area contributed by atoms with Gasteiger partial charge in [-0.2, -0.15) is 13.2 Å². The molecule has 0 amide bonds. The van der Waals surface area contributed by atoms with Crippen molar-refractivity contribution < 1.29 is 13.2 Å². The molecule has 0 aliphatic carbocycles. The molecule has 0 atom stereocenters. The molecule has 0 aromatic carbocycles. The molecule has 0 saturated heterocycles. The number of nitrogens with zero attached hydrogens (tertiary/aromatic N) is 5. The number of aromatic nitrogens is 4. The van der Waals surface area contributed by atoms with Crippen molar-refractivity contribution in [2.45, 2.75) is 32.7 Å². The molecule has 0 radical (unpaired) electrons. The van der Waals surface area contributed by atoms with Crippen LogP contribution in [0.1, 0.15) is 27.2 Å². The average Bonchev–Trinajstić information content (AvgIpc) is 3.38. The molecule has 13 heteroatoms. The van der Waals surface area contributed by atoms with Gasteiger partial charge >= 0.3 is 6.18 Å². The van der Waals surface area contributed by atoms with Gasteiger partial charge in [-0.05, 0) is 18.4 Å². The summed E-state index contributed by atoms with van der Waals surface area (Å²) in [6.45, 7) is 2.81. The van der Waals surface area contributed by atoms with Gasteiger partial charge < -0.3 is 15.2 Å². The van der Waals surface area contributed by atoms with Gasteiger partial charge in [0.2, 0.25) is 0 Å². The molecule has 29 heavy (non-hydrogen) atoms. The zero-order valence-corrected chi connectivity index (χ0v) is 19.5. The number of halogens is 4. The van der Waals surface area contributed by atoms with Crippen molar-refractivity contribution in [2.24, 2.45) is 12.0 Å². The van der Waals surface area contributed by atoms with Crippen LogP contribution in [0.3, 0.4) is 0 Å². The average molecular weight is 557 g/mol. The second-order valence-corrected chi connectivity index (χ2v) is 7.77. The topological polar surface area (TPSA) is 80.0 Å². The van der Waals surface area contributed by atoms with Gasteiger partial charge in [0.25, 0.3) is 0 Å². The van der Waals surface area contributed by atoms with E-state index in [1.807, 2.05) is 36.1 Å². The van der Waals surface area contributed by atoms with Crippen LogP contribution in [0.2, 0.25) is 0 Å². The minimum atomic E-state index is -4.44. The highest BCUT2D eigenvalue weighted by atomic mass is 127. The summed E-state index contributed by atoms with van der Waals surface area (Å²) >= 11 is 2.55. The van der Waals surface area contributed by atoms with Gasteiger partial charge in [-0.3, -0.25) is 0 Å². The second-order valence-electron chi connectivity index (χ2n) is 5.80. The van der Waals surface area contributed by atoms with Crippen LogP contribution in [0.4, 0.5) is 13.2 Å². The molecule has 158 valence electrons. The fourth-order valence-corrected chi connectivity index (χ4v) is 3.56. The van der Waals surface area contributed by atoms with E-state index in [1.165, 1.54) is 0 Å². The van der Waals surface area contributed by atoms with Crippen LogP contribution < -0.4 is 10.6 Å². The third-order valence-corrected chi connectivity index (χ3v) is 5.55. The Morgan fingerprint density at radius 1 is 1.21 bits per heavy atom. The largest absolute Gasteiger partial charge is 0.434 e. The zero-order valence-electron chi connectivity index (χ0n) is 15.5. The van der Waals surface area contributed by atoms with Crippen LogP contribution in [0.5, 0.6) is 0 Å². The normalized spacial score (nSPS) is 12.0. The van der Waals surface area contributed by atoms with Crippen molar-refractivity contribution in [2.75, 3.05) is 0 Å². The van der Waals surface area contributed by atoms with E-state index in [4.69, 9.17) is 0 Å². The van der Waals surface area contributed by atoms with Crippen molar-refractivity contribution in [3.05, 3.63) is 50.1 Å². The molecule has 0 aliphatic rings. The Hall–Kier alpha value is -1.74. The summed E-state index contributed by atoms with van der Waals surface area (Å²) in [5.41, 5.74) is -0.881. The standard InChI is InChI=1S/C16H18F3N7S2.HI/c1-10-24-25-13(26(10)2)7-21-15(20-6-11-4-3-5-27-11)22-8-14-23-12(9-28-14)16(17,18)19;/h3-5,9H,6-8H2,1-2H3,(H2,20,21,22);1H. The van der Waals surface area contributed by atoms with Crippen molar-refractivity contribution >= 4 is 52.6 Å². The summed E-state index contributed by atoms with van der Waals surface area (Å²) in [5.74, 6) is 1.91. The van der Waals surface area contributed by atoms with E-state index in [9.17, 15) is 13.2 Å². The molecule has 2 N–H and O–H groups in total. The lowest BCUT2D eigenvalue weighted by atomic mass is 10.4. The number of thiazole rings is 1. The van der Waals surface area contributed by atoms with Gasteiger partial charge in [0.05, 0.1) is 13.1 Å². The van der Waals surface area contributed by atoms with Crippen LogP contribution in [0, 0.1) is 6.92 Å². The first-order valence-corrected chi connectivity index (χ1v) is 10.00. The minimum Gasteiger partial charge on any atom is -0.351 e. The fraction of sp³-hybridized carbons (Fsp3) is 0.375. The molecule has 0 saturated carbocycles. The Labute approximate surface area is 190 Å². The summed E-state index contributed by atoms with van der Waals surface area (Å²) < 4.78 is 39.9. The molecule has 7 nitrogen and oxygen atoms in total. The van der Waals surface area contributed by atoms with E-state index in [-0.39, 0.29) is 37.1 Å². The Kier molecular flexibility index (Phi) is 8.39. The Morgan fingerprint density at radius 3 is 2.55 bits per heavy atom. The van der Waals surface area contributed by atoms with Gasteiger partial charge in [-0.15, -0.1) is 56.8 Å². The van der Waals surface area contributed by atoms with E-state index >= 15 is 0 Å². The van der Waals surface area contributed by atoms with Gasteiger partial charge in [-0.25, -0.2) is 9.98 Å². The first kappa shape index (κ1) is 23.5. The maximum Gasteiger partial charge on any atom is 0.434 e. The monoisotopic (exact) mass is 557 g/mol. The molecule has 3 aromatic rings. The number of alkyl halides is 3. The lowest BCUT2D eigenvalue weighted by Crippen LogP contribution is -2.36. The molecular formula is C16H19F3IN7S2. The number of thiophene rings is 1. The highest BCUT2D eigenvalue weighted by molar-refractivity contribution is 14.0. The molecule has 3 rings (SSSR count). The number of rotatable bonds is 6. The van der Waals surface area contributed by atoms with E-state index in [2.05, 4.69) is 30.8 Å². The quantitative estimate of drug-likeness (QED) is 0.275. The number of aryl methyl sites for hydroxylation is 1. The van der Waals surface area contributed by atoms with Crippen LogP contribution in [0.15, 0.2) is 27.9 Å². The summed E-state index contributed by atoms with van der Waals surface area (Å²) in [6, 6.07) is 3.93. The first-order chi connectivity index (χ1) is 13.3. The number of guanidine groups is 1. The van der Waals surface area contributed by atoms with E-state index in [0.29, 0.717) is 23.3 Å². The van der Waals surface area contributed by atoms with Crippen LogP contribution in [0.25, 0.3) is 0 Å². The van der Waals surface area contributed by atoms with Crippen molar-refractivity contribution in [1.29, 1.82) is 0 Å². The lowest BCUT2D eigenvalue weighted by molar-refractivity contribution is -0.140. The van der Waals surface area contributed by atoms with Gasteiger partial charge in [0.15, 0.2) is 17.5 Å². The van der Waals surface area contributed by atoms with Crippen LogP contribution in [-0.4, -0.2) is 25.7 Å². The lowest BCUT2D eigenvalue weighted by Gasteiger charge is -2.11. The molecular weight excluding hydrogens is 538 g/mol. The fourth-order valence-electron chi connectivity index (χ4n) is 2.18. The van der Waals surface area contributed by atoms with Crippen molar-refractivity contribution in [3.8, 4) is 0 Å². The summed E-state index contributed by atoms with van der Waals surface area (Å²) in [6.07, 6.45) is -4.44. The van der Waals surface area contributed by atoms with Crippen LogP contribution in [-0.2, 0) is 32.9 Å². The summed E-state index contributed by atoms with van der Waals surface area (Å²) in [4.78, 5) is 9.20. The number of hydrogen-bond acceptors (Lipinski definition) is 6. The minimum absolute atomic E-state index is 0. The SMILES string of the molecule is Cc1nnc(CN=C(NCc2cccs2)NCc2nc(C(F)(F)F)cs2)n1C.I. The third-order valence-electron chi connectivity index (χ3n) is 3.82. The molecule has 0 bridgehead atoms. The predicted octanol–water partition coefficient (Wildman–Crippen LogP) is 3.71. The van der Waals surface area contributed by atoms with Crippen LogP contribution >= 0.6 is 46.7 Å². The number of nitrogens with one attached hydrogen (secondary N) is 2. The maximum absolute atomic E-state index is 12.7. The second kappa shape index (κ2) is 10.3. The molecule has 3 heterocycles. The summed E-state index contributed by atoms with van der Waals surface area (Å²) in [5, 5.41) is 17.6. The van der Waals surface area contributed by atoms with E-state index in [0.717, 1.165) is 27.4 Å². The Balaban J connectivity index is 0.00000300. The Bertz CT molecular complexity index is 935. The maximum atomic E-state index is 12.7. The molecule has 0 aliphatic heterocycles. The van der Waals surface area contributed by atoms with Crippen molar-refractivity contribution in [1.82, 2.24) is 30.4 Å². The highest BCUT2D eigenvalue weighted by Gasteiger charge is 2.33. The smallest absolute Gasteiger partial charge is 0.351 e. The van der Waals surface area contributed by atoms with Gasteiger partial charge in [0, 0.05) is 17.3 Å². The molecule has 3 aromatic heterocycles. The number of hydrogen-bond donors (Lipinski definition) is 2. The number of aliphatic imine (C=N–C) groups is 1. The molecule has 0 unspecified atom stereocenters. The predicted molar refractivity (Wildman–Crippen MR) is 117 cm³/mol. The molecule has 0 fully saturated rings. The van der Waals surface area contributed by atoms with Crippen molar-refractivity contribution in [3.63, 3.8) is 0 Å².